The number of aryl methyl sites for hydroxylation is 1. The van der Waals surface area contributed by atoms with Crippen molar-refractivity contribution in [2.75, 3.05) is 24.2 Å². The van der Waals surface area contributed by atoms with Crippen LogP contribution >= 0.6 is 0 Å². The lowest BCUT2D eigenvalue weighted by Crippen LogP contribution is -2.53. The first-order valence-electron chi connectivity index (χ1n) is 12.4. The molecule has 2 amide bonds. The first-order chi connectivity index (χ1) is 17.1. The minimum atomic E-state index is -3.75. The molecule has 0 saturated heterocycles. The lowest BCUT2D eigenvalue weighted by Gasteiger charge is -2.33. The molecule has 2 aromatic carbocycles. The number of hydrogen-bond acceptors (Lipinski definition) is 5. The van der Waals surface area contributed by atoms with Gasteiger partial charge in [0.1, 0.15) is 18.3 Å². The predicted octanol–water partition coefficient (Wildman–Crippen LogP) is 3.64. The number of sulfonamides is 1. The average Bonchev–Trinajstić information content (AvgIpc) is 3.35. The van der Waals surface area contributed by atoms with E-state index in [1.165, 1.54) is 4.90 Å². The highest BCUT2D eigenvalue weighted by atomic mass is 32.2. The van der Waals surface area contributed by atoms with Crippen LogP contribution in [-0.2, 0) is 26.2 Å². The van der Waals surface area contributed by atoms with Gasteiger partial charge in [-0.1, -0.05) is 49.6 Å². The van der Waals surface area contributed by atoms with E-state index in [9.17, 15) is 18.0 Å². The van der Waals surface area contributed by atoms with Gasteiger partial charge in [0.15, 0.2) is 0 Å². The van der Waals surface area contributed by atoms with E-state index in [4.69, 9.17) is 4.74 Å². The fraction of sp³-hybridized carbons (Fsp3) is 0.481. The molecular weight excluding hydrogens is 478 g/mol. The molecule has 0 spiro atoms. The predicted molar refractivity (Wildman–Crippen MR) is 141 cm³/mol. The third-order valence-electron chi connectivity index (χ3n) is 6.58. The van der Waals surface area contributed by atoms with Crippen molar-refractivity contribution < 1.29 is 22.7 Å². The quantitative estimate of drug-likeness (QED) is 0.493. The van der Waals surface area contributed by atoms with Crippen molar-refractivity contribution in [3.05, 3.63) is 59.7 Å². The summed E-state index contributed by atoms with van der Waals surface area (Å²) in [5.41, 5.74) is 2.17. The largest absolute Gasteiger partial charge is 0.497 e. The summed E-state index contributed by atoms with van der Waals surface area (Å²) in [7, 11) is -2.18. The summed E-state index contributed by atoms with van der Waals surface area (Å²) in [4.78, 5) is 28.6. The second-order valence-electron chi connectivity index (χ2n) is 9.39. The van der Waals surface area contributed by atoms with Gasteiger partial charge < -0.3 is 15.0 Å². The van der Waals surface area contributed by atoms with Crippen LogP contribution in [0, 0.1) is 6.92 Å². The second-order valence-corrected chi connectivity index (χ2v) is 11.3. The number of carbonyl (C=O) groups excluding carboxylic acids is 2. The summed E-state index contributed by atoms with van der Waals surface area (Å²) in [6.45, 7) is 3.51. The summed E-state index contributed by atoms with van der Waals surface area (Å²) in [5.74, 6) is -0.0140. The molecule has 8 nitrogen and oxygen atoms in total. The van der Waals surface area contributed by atoms with Gasteiger partial charge in [-0.05, 0) is 56.0 Å². The molecule has 0 aromatic heterocycles. The normalized spacial score (nSPS) is 14.8. The molecule has 1 atom stereocenters. The summed E-state index contributed by atoms with van der Waals surface area (Å²) in [6.07, 6.45) is 5.50. The molecule has 1 N–H and O–H groups in total. The van der Waals surface area contributed by atoms with Crippen molar-refractivity contribution in [3.8, 4) is 5.75 Å². The van der Waals surface area contributed by atoms with Crippen LogP contribution in [0.5, 0.6) is 5.75 Å². The monoisotopic (exact) mass is 515 g/mol. The van der Waals surface area contributed by atoms with Gasteiger partial charge in [0, 0.05) is 12.6 Å². The van der Waals surface area contributed by atoms with Crippen LogP contribution in [0.4, 0.5) is 5.69 Å². The van der Waals surface area contributed by atoms with Crippen molar-refractivity contribution in [2.45, 2.75) is 64.6 Å². The van der Waals surface area contributed by atoms with Gasteiger partial charge in [-0.3, -0.25) is 13.9 Å². The standard InChI is InChI=1S/C27H37N3O5S/c1-5-25(27(32)28-22-10-6-7-11-22)29(18-21-9-8-12-24(17-21)35-3)26(31)19-30(36(4,33)34)23-15-13-20(2)14-16-23/h8-9,12-17,22,25H,5-7,10-11,18-19H2,1-4H3,(H,28,32)/t25-/m0/s1. The van der Waals surface area contributed by atoms with Gasteiger partial charge in [-0.25, -0.2) is 8.42 Å². The number of anilines is 1. The van der Waals surface area contributed by atoms with Crippen molar-refractivity contribution in [3.63, 3.8) is 0 Å². The van der Waals surface area contributed by atoms with Crippen LogP contribution in [0.15, 0.2) is 48.5 Å². The number of carbonyl (C=O) groups is 2. The summed E-state index contributed by atoms with van der Waals surface area (Å²) < 4.78 is 31.8. The fourth-order valence-corrected chi connectivity index (χ4v) is 5.43. The van der Waals surface area contributed by atoms with Gasteiger partial charge in [0.25, 0.3) is 0 Å². The van der Waals surface area contributed by atoms with Crippen LogP contribution in [0.3, 0.4) is 0 Å². The Balaban J connectivity index is 1.92. The topological polar surface area (TPSA) is 96.0 Å². The minimum Gasteiger partial charge on any atom is -0.497 e. The molecule has 1 fully saturated rings. The summed E-state index contributed by atoms with van der Waals surface area (Å²) in [6, 6.07) is 13.7. The van der Waals surface area contributed by atoms with E-state index in [-0.39, 0.29) is 18.5 Å². The van der Waals surface area contributed by atoms with Crippen LogP contribution in [0.25, 0.3) is 0 Å². The third kappa shape index (κ3) is 7.22. The summed E-state index contributed by atoms with van der Waals surface area (Å²) >= 11 is 0. The maximum atomic E-state index is 13.7. The highest BCUT2D eigenvalue weighted by molar-refractivity contribution is 7.92. The van der Waals surface area contributed by atoms with Crippen LogP contribution in [-0.4, -0.2) is 57.1 Å². The first-order valence-corrected chi connectivity index (χ1v) is 14.2. The van der Waals surface area contributed by atoms with E-state index in [0.717, 1.165) is 47.4 Å². The zero-order valence-electron chi connectivity index (χ0n) is 21.6. The minimum absolute atomic E-state index is 0.111. The van der Waals surface area contributed by atoms with Gasteiger partial charge in [-0.15, -0.1) is 0 Å². The number of amides is 2. The van der Waals surface area contributed by atoms with Crippen LogP contribution < -0.4 is 14.4 Å². The van der Waals surface area contributed by atoms with Gasteiger partial charge in [0.05, 0.1) is 19.1 Å². The average molecular weight is 516 g/mol. The second kappa shape index (κ2) is 12.3. The number of benzene rings is 2. The van der Waals surface area contributed by atoms with E-state index in [0.29, 0.717) is 17.9 Å². The molecule has 3 rings (SSSR count). The molecule has 2 aromatic rings. The maximum Gasteiger partial charge on any atom is 0.244 e. The number of rotatable bonds is 11. The zero-order valence-corrected chi connectivity index (χ0v) is 22.4. The number of hydrogen-bond donors (Lipinski definition) is 1. The van der Waals surface area contributed by atoms with Crippen LogP contribution in [0.2, 0.25) is 0 Å². The van der Waals surface area contributed by atoms with Gasteiger partial charge >= 0.3 is 0 Å². The molecule has 196 valence electrons. The van der Waals surface area contributed by atoms with E-state index >= 15 is 0 Å². The van der Waals surface area contributed by atoms with Crippen molar-refractivity contribution >= 4 is 27.5 Å². The Labute approximate surface area is 214 Å². The molecule has 1 saturated carbocycles. The molecule has 0 aliphatic heterocycles. The molecule has 1 aliphatic rings. The fourth-order valence-electron chi connectivity index (χ4n) is 4.58. The molecule has 0 unspecified atom stereocenters. The number of methoxy groups -OCH3 is 1. The Morgan fingerprint density at radius 1 is 1.11 bits per heavy atom. The molecule has 36 heavy (non-hydrogen) atoms. The Hall–Kier alpha value is -3.07. The highest BCUT2D eigenvalue weighted by Crippen LogP contribution is 2.22. The molecule has 0 radical (unpaired) electrons. The van der Waals surface area contributed by atoms with Gasteiger partial charge in [0.2, 0.25) is 21.8 Å². The molecule has 0 bridgehead atoms. The highest BCUT2D eigenvalue weighted by Gasteiger charge is 2.33. The van der Waals surface area contributed by atoms with Crippen molar-refractivity contribution in [2.24, 2.45) is 0 Å². The number of nitrogens with one attached hydrogen (secondary N) is 1. The van der Waals surface area contributed by atoms with E-state index in [1.54, 1.807) is 31.4 Å². The Kier molecular flexibility index (Phi) is 9.37. The van der Waals surface area contributed by atoms with Crippen LogP contribution in [0.1, 0.15) is 50.2 Å². The van der Waals surface area contributed by atoms with Gasteiger partial charge in [-0.2, -0.15) is 0 Å². The third-order valence-corrected chi connectivity index (χ3v) is 7.72. The Bertz CT molecular complexity index is 1140. The van der Waals surface area contributed by atoms with E-state index < -0.39 is 28.5 Å². The smallest absolute Gasteiger partial charge is 0.244 e. The SMILES string of the molecule is CC[C@@H](C(=O)NC1CCCC1)N(Cc1cccc(OC)c1)C(=O)CN(c1ccc(C)cc1)S(C)(=O)=O. The molecule has 0 heterocycles. The van der Waals surface area contributed by atoms with Crippen molar-refractivity contribution in [1.82, 2.24) is 10.2 Å². The number of ether oxygens (including phenoxy) is 1. The molecule has 9 heteroatoms. The first kappa shape index (κ1) is 27.5. The Morgan fingerprint density at radius 2 is 1.78 bits per heavy atom. The lowest BCUT2D eigenvalue weighted by molar-refractivity contribution is -0.140. The molecule has 1 aliphatic carbocycles. The lowest BCUT2D eigenvalue weighted by atomic mass is 10.1. The molecular formula is C27H37N3O5S. The number of nitrogens with zero attached hydrogens (tertiary/aromatic N) is 2. The zero-order chi connectivity index (χ0) is 26.3. The van der Waals surface area contributed by atoms with E-state index in [1.807, 2.05) is 38.1 Å². The van der Waals surface area contributed by atoms with Crippen molar-refractivity contribution in [1.29, 1.82) is 0 Å². The Morgan fingerprint density at radius 3 is 2.36 bits per heavy atom. The summed E-state index contributed by atoms with van der Waals surface area (Å²) in [5, 5.41) is 3.11. The maximum absolute atomic E-state index is 13.7. The van der Waals surface area contributed by atoms with E-state index in [2.05, 4.69) is 5.32 Å².